The second kappa shape index (κ2) is 9.50. The molecular weight excluding hydrogens is 431 g/mol. The Kier molecular flexibility index (Phi) is 6.54. The molecule has 0 amide bonds. The SMILES string of the molecule is CCCC[n+]1ccc(CNc2ccc(Cl)cc2-c2nc3ccc(Cl)cc3c(=O)[nH]2)cc1. The van der Waals surface area contributed by atoms with Gasteiger partial charge in [0.05, 0.1) is 10.9 Å². The van der Waals surface area contributed by atoms with E-state index in [1.165, 1.54) is 12.8 Å². The molecule has 7 heteroatoms. The third kappa shape index (κ3) is 5.06. The van der Waals surface area contributed by atoms with Gasteiger partial charge in [-0.15, -0.1) is 0 Å². The topological polar surface area (TPSA) is 61.7 Å². The largest absolute Gasteiger partial charge is 0.380 e. The summed E-state index contributed by atoms with van der Waals surface area (Å²) in [6, 6.07) is 14.8. The fourth-order valence-electron chi connectivity index (χ4n) is 3.40. The first kappa shape index (κ1) is 21.3. The average molecular weight is 454 g/mol. The molecule has 0 radical (unpaired) electrons. The molecule has 2 aromatic heterocycles. The molecule has 2 heterocycles. The van der Waals surface area contributed by atoms with Gasteiger partial charge in [0, 0.05) is 46.4 Å². The third-order valence-electron chi connectivity index (χ3n) is 5.12. The zero-order valence-corrected chi connectivity index (χ0v) is 18.7. The van der Waals surface area contributed by atoms with E-state index in [1.807, 2.05) is 12.1 Å². The minimum absolute atomic E-state index is 0.242. The van der Waals surface area contributed by atoms with E-state index < -0.39 is 0 Å². The van der Waals surface area contributed by atoms with Gasteiger partial charge in [0.15, 0.2) is 12.4 Å². The maximum Gasteiger partial charge on any atom is 0.259 e. The minimum atomic E-state index is -0.242. The van der Waals surface area contributed by atoms with Gasteiger partial charge >= 0.3 is 0 Å². The van der Waals surface area contributed by atoms with E-state index in [-0.39, 0.29) is 5.56 Å². The van der Waals surface area contributed by atoms with Crippen LogP contribution in [0.4, 0.5) is 5.69 Å². The highest BCUT2D eigenvalue weighted by molar-refractivity contribution is 6.31. The maximum absolute atomic E-state index is 12.6. The van der Waals surface area contributed by atoms with Gasteiger partial charge in [0.25, 0.3) is 5.56 Å². The van der Waals surface area contributed by atoms with Crippen molar-refractivity contribution in [3.8, 4) is 11.4 Å². The van der Waals surface area contributed by atoms with Crippen molar-refractivity contribution in [3.05, 3.63) is 86.9 Å². The first-order chi connectivity index (χ1) is 15.0. The molecule has 5 nitrogen and oxygen atoms in total. The second-order valence-electron chi connectivity index (χ2n) is 7.42. The number of H-pyrrole nitrogens is 1. The van der Waals surface area contributed by atoms with Crippen molar-refractivity contribution in [2.75, 3.05) is 5.32 Å². The van der Waals surface area contributed by atoms with Gasteiger partial charge in [-0.3, -0.25) is 4.79 Å². The summed E-state index contributed by atoms with van der Waals surface area (Å²) in [7, 11) is 0. The maximum atomic E-state index is 12.6. The van der Waals surface area contributed by atoms with Crippen LogP contribution < -0.4 is 15.4 Å². The lowest BCUT2D eigenvalue weighted by Crippen LogP contribution is -2.32. The van der Waals surface area contributed by atoms with E-state index in [0.717, 1.165) is 23.4 Å². The van der Waals surface area contributed by atoms with Gasteiger partial charge in [0.2, 0.25) is 0 Å². The molecule has 0 aliphatic rings. The van der Waals surface area contributed by atoms with Crippen molar-refractivity contribution < 1.29 is 4.57 Å². The van der Waals surface area contributed by atoms with Crippen LogP contribution in [-0.4, -0.2) is 9.97 Å². The third-order valence-corrected chi connectivity index (χ3v) is 5.59. The van der Waals surface area contributed by atoms with E-state index >= 15 is 0 Å². The number of nitrogens with one attached hydrogen (secondary N) is 2. The molecule has 0 aliphatic carbocycles. The number of aromatic nitrogens is 3. The van der Waals surface area contributed by atoms with E-state index in [9.17, 15) is 4.79 Å². The Labute approximate surface area is 190 Å². The summed E-state index contributed by atoms with van der Waals surface area (Å²) in [6.45, 7) is 3.85. The molecule has 0 bridgehead atoms. The van der Waals surface area contributed by atoms with Gasteiger partial charge in [0.1, 0.15) is 12.4 Å². The number of rotatable bonds is 7. The molecule has 158 valence electrons. The van der Waals surface area contributed by atoms with Gasteiger partial charge in [-0.05, 0) is 42.0 Å². The highest BCUT2D eigenvalue weighted by atomic mass is 35.5. The van der Waals surface area contributed by atoms with Crippen LogP contribution in [0.5, 0.6) is 0 Å². The fourth-order valence-corrected chi connectivity index (χ4v) is 3.74. The van der Waals surface area contributed by atoms with Crippen LogP contribution in [-0.2, 0) is 13.1 Å². The number of fused-ring (bicyclic) bond motifs is 1. The molecule has 0 atom stereocenters. The predicted octanol–water partition coefficient (Wildman–Crippen LogP) is 5.60. The molecule has 0 aliphatic heterocycles. The molecular formula is C24H23Cl2N4O+. The quantitative estimate of drug-likeness (QED) is 0.358. The summed E-state index contributed by atoms with van der Waals surface area (Å²) >= 11 is 12.3. The smallest absolute Gasteiger partial charge is 0.259 e. The summed E-state index contributed by atoms with van der Waals surface area (Å²) in [4.78, 5) is 20.1. The van der Waals surface area contributed by atoms with Crippen LogP contribution in [0.2, 0.25) is 10.0 Å². The zero-order chi connectivity index (χ0) is 21.8. The highest BCUT2D eigenvalue weighted by Gasteiger charge is 2.12. The molecule has 0 spiro atoms. The molecule has 4 rings (SSSR count). The summed E-state index contributed by atoms with van der Waals surface area (Å²) < 4.78 is 2.19. The Morgan fingerprint density at radius 1 is 1.03 bits per heavy atom. The normalized spacial score (nSPS) is 11.1. The lowest BCUT2D eigenvalue weighted by Gasteiger charge is -2.13. The lowest BCUT2D eigenvalue weighted by molar-refractivity contribution is -0.697. The Hall–Kier alpha value is -2.89. The Balaban J connectivity index is 1.62. The average Bonchev–Trinajstić information content (AvgIpc) is 2.78. The number of benzene rings is 2. The van der Waals surface area contributed by atoms with Crippen molar-refractivity contribution in [2.45, 2.75) is 32.9 Å². The molecule has 4 aromatic rings. The van der Waals surface area contributed by atoms with Crippen LogP contribution in [0.3, 0.4) is 0 Å². The second-order valence-corrected chi connectivity index (χ2v) is 8.29. The summed E-state index contributed by atoms with van der Waals surface area (Å²) in [6.07, 6.45) is 6.54. The molecule has 0 saturated heterocycles. The van der Waals surface area contributed by atoms with Gasteiger partial charge < -0.3 is 10.3 Å². The van der Waals surface area contributed by atoms with E-state index in [4.69, 9.17) is 23.2 Å². The van der Waals surface area contributed by atoms with Crippen molar-refractivity contribution in [2.24, 2.45) is 0 Å². The monoisotopic (exact) mass is 453 g/mol. The van der Waals surface area contributed by atoms with Crippen LogP contribution in [0.1, 0.15) is 25.3 Å². The number of hydrogen-bond donors (Lipinski definition) is 2. The predicted molar refractivity (Wildman–Crippen MR) is 127 cm³/mol. The van der Waals surface area contributed by atoms with Crippen LogP contribution >= 0.6 is 23.2 Å². The summed E-state index contributed by atoms with van der Waals surface area (Å²) in [5.41, 5.74) is 3.06. The standard InChI is InChI=1S/C24H22Cl2N4O/c1-2-3-10-30-11-8-16(9-12-30)15-27-21-6-4-17(25)13-19(21)23-28-22-7-5-18(26)14-20(22)24(31)29-23/h4-9,11-14H,2-3,10,15H2,1H3,(H-,27,28,29,31)/p+1. The van der Waals surface area contributed by atoms with E-state index in [1.54, 1.807) is 24.3 Å². The van der Waals surface area contributed by atoms with Crippen LogP contribution in [0, 0.1) is 0 Å². The summed E-state index contributed by atoms with van der Waals surface area (Å²) in [5, 5.41) is 4.96. The van der Waals surface area contributed by atoms with Crippen molar-refractivity contribution in [3.63, 3.8) is 0 Å². The molecule has 0 saturated carbocycles. The highest BCUT2D eigenvalue weighted by Crippen LogP contribution is 2.29. The number of anilines is 1. The van der Waals surface area contributed by atoms with Crippen molar-refractivity contribution in [1.82, 2.24) is 9.97 Å². The van der Waals surface area contributed by atoms with Gasteiger partial charge in [-0.25, -0.2) is 9.55 Å². The molecule has 31 heavy (non-hydrogen) atoms. The van der Waals surface area contributed by atoms with E-state index in [2.05, 4.69) is 51.3 Å². The Bertz CT molecular complexity index is 1270. The molecule has 0 fully saturated rings. The van der Waals surface area contributed by atoms with Gasteiger partial charge in [-0.1, -0.05) is 36.5 Å². The van der Waals surface area contributed by atoms with Crippen LogP contribution in [0.25, 0.3) is 22.3 Å². The number of nitrogens with zero attached hydrogens (tertiary/aromatic N) is 2. The number of aromatic amines is 1. The molecule has 2 N–H and O–H groups in total. The molecule has 2 aromatic carbocycles. The van der Waals surface area contributed by atoms with Crippen molar-refractivity contribution >= 4 is 39.8 Å². The van der Waals surface area contributed by atoms with Crippen molar-refractivity contribution in [1.29, 1.82) is 0 Å². The Morgan fingerprint density at radius 3 is 2.55 bits per heavy atom. The molecule has 0 unspecified atom stereocenters. The minimum Gasteiger partial charge on any atom is -0.380 e. The lowest BCUT2D eigenvalue weighted by atomic mass is 10.1. The first-order valence-corrected chi connectivity index (χ1v) is 11.0. The first-order valence-electron chi connectivity index (χ1n) is 10.2. The number of halogens is 2. The van der Waals surface area contributed by atoms with Gasteiger partial charge in [-0.2, -0.15) is 0 Å². The number of aryl methyl sites for hydroxylation is 1. The van der Waals surface area contributed by atoms with Crippen LogP contribution in [0.15, 0.2) is 65.7 Å². The van der Waals surface area contributed by atoms with E-state index in [0.29, 0.717) is 33.3 Å². The number of pyridine rings is 1. The number of unbranched alkanes of at least 4 members (excludes halogenated alkanes) is 1. The fraction of sp³-hybridized carbons (Fsp3) is 0.208. The number of hydrogen-bond acceptors (Lipinski definition) is 3. The summed E-state index contributed by atoms with van der Waals surface area (Å²) in [5.74, 6) is 0.454. The Morgan fingerprint density at radius 2 is 1.77 bits per heavy atom. The zero-order valence-electron chi connectivity index (χ0n) is 17.2.